The zero-order valence-corrected chi connectivity index (χ0v) is 24.3. The van der Waals surface area contributed by atoms with Crippen LogP contribution in [0.25, 0.3) is 0 Å². The lowest BCUT2D eigenvalue weighted by atomic mass is 10.0. The van der Waals surface area contributed by atoms with Gasteiger partial charge in [-0.1, -0.05) is 95.4 Å². The molecule has 0 rings (SSSR count). The Bertz CT molecular complexity index is 806. The molecular formula is C32H52N2O4. The molecule has 6 heteroatoms. The van der Waals surface area contributed by atoms with Crippen LogP contribution in [0.3, 0.4) is 0 Å². The van der Waals surface area contributed by atoms with Crippen molar-refractivity contribution < 1.29 is 19.5 Å². The van der Waals surface area contributed by atoms with E-state index in [1.807, 2.05) is 27.7 Å². The maximum absolute atomic E-state index is 12.7. The number of carboxylic acids is 1. The van der Waals surface area contributed by atoms with Gasteiger partial charge in [0.2, 0.25) is 11.8 Å². The summed E-state index contributed by atoms with van der Waals surface area (Å²) in [5, 5.41) is 14.8. The molecule has 0 aromatic carbocycles. The maximum Gasteiger partial charge on any atom is 0.326 e. The van der Waals surface area contributed by atoms with Crippen molar-refractivity contribution in [3.63, 3.8) is 0 Å². The van der Waals surface area contributed by atoms with Crippen LogP contribution in [0.4, 0.5) is 0 Å². The number of unbranched alkanes of at least 4 members (excludes halogenated alkanes) is 1. The number of allylic oxidation sites excluding steroid dienone is 10. The van der Waals surface area contributed by atoms with E-state index in [9.17, 15) is 19.5 Å². The Morgan fingerprint density at radius 2 is 1.11 bits per heavy atom. The zero-order valence-electron chi connectivity index (χ0n) is 24.3. The van der Waals surface area contributed by atoms with Crippen LogP contribution in [0.1, 0.15) is 98.8 Å². The van der Waals surface area contributed by atoms with E-state index < -0.39 is 24.0 Å². The molecule has 2 atom stereocenters. The van der Waals surface area contributed by atoms with Gasteiger partial charge in [0.15, 0.2) is 0 Å². The molecule has 0 aliphatic rings. The van der Waals surface area contributed by atoms with Gasteiger partial charge in [0.25, 0.3) is 0 Å². The second-order valence-electron chi connectivity index (χ2n) is 10.4. The monoisotopic (exact) mass is 528 g/mol. The van der Waals surface area contributed by atoms with Gasteiger partial charge in [-0.25, -0.2) is 4.79 Å². The van der Waals surface area contributed by atoms with Crippen LogP contribution in [0.2, 0.25) is 0 Å². The SMILES string of the molecule is CCC=CCC=CCC=CCC=CCC=CCCCC(=O)N[C@@H](CC(C)C)C(=O)N[C@@H](CC(C)C)C(=O)O. The maximum atomic E-state index is 12.7. The first-order valence-electron chi connectivity index (χ1n) is 14.2. The predicted octanol–water partition coefficient (Wildman–Crippen LogP) is 7.05. The highest BCUT2D eigenvalue weighted by Gasteiger charge is 2.27. The van der Waals surface area contributed by atoms with Crippen molar-refractivity contribution >= 4 is 17.8 Å². The van der Waals surface area contributed by atoms with Crippen LogP contribution >= 0.6 is 0 Å². The third-order valence-electron chi connectivity index (χ3n) is 5.61. The number of carbonyl (C=O) groups is 3. The van der Waals surface area contributed by atoms with Crippen molar-refractivity contribution in [2.24, 2.45) is 11.8 Å². The third-order valence-corrected chi connectivity index (χ3v) is 5.61. The summed E-state index contributed by atoms with van der Waals surface area (Å²) in [5.74, 6) is -1.36. The van der Waals surface area contributed by atoms with Gasteiger partial charge >= 0.3 is 5.97 Å². The first-order chi connectivity index (χ1) is 18.2. The highest BCUT2D eigenvalue weighted by Crippen LogP contribution is 2.10. The topological polar surface area (TPSA) is 95.5 Å². The number of amides is 2. The molecule has 0 radical (unpaired) electrons. The molecular weight excluding hydrogens is 476 g/mol. The molecule has 3 N–H and O–H groups in total. The summed E-state index contributed by atoms with van der Waals surface area (Å²) in [7, 11) is 0. The van der Waals surface area contributed by atoms with Gasteiger partial charge in [0.05, 0.1) is 0 Å². The summed E-state index contributed by atoms with van der Waals surface area (Å²) in [5.41, 5.74) is 0. The number of aliphatic carboxylic acids is 1. The minimum Gasteiger partial charge on any atom is -0.480 e. The molecule has 0 aromatic rings. The minimum atomic E-state index is -1.06. The molecule has 2 amide bonds. The standard InChI is InChI=1S/C32H52N2O4/c1-6-7-8-9-10-11-12-13-14-15-16-17-18-19-20-21-22-23-30(35)33-28(24-26(2)3)31(36)34-29(32(37)38)25-27(4)5/h7-8,10-11,13-14,16-17,19-20,26-29H,6,9,12,15,18,21-25H2,1-5H3,(H,33,35)(H,34,36)(H,37,38)/t28-,29-/m0/s1. The summed E-state index contributed by atoms with van der Waals surface area (Å²) in [6.07, 6.45) is 29.0. The summed E-state index contributed by atoms with van der Waals surface area (Å²) >= 11 is 0. The molecule has 6 nitrogen and oxygen atoms in total. The van der Waals surface area contributed by atoms with Gasteiger partial charge in [0, 0.05) is 6.42 Å². The highest BCUT2D eigenvalue weighted by atomic mass is 16.4. The smallest absolute Gasteiger partial charge is 0.326 e. The molecule has 0 spiro atoms. The van der Waals surface area contributed by atoms with Gasteiger partial charge in [0.1, 0.15) is 12.1 Å². The number of hydrogen-bond acceptors (Lipinski definition) is 3. The first-order valence-corrected chi connectivity index (χ1v) is 14.2. The van der Waals surface area contributed by atoms with Gasteiger partial charge < -0.3 is 15.7 Å². The van der Waals surface area contributed by atoms with Crippen LogP contribution in [0, 0.1) is 11.8 Å². The molecule has 38 heavy (non-hydrogen) atoms. The Kier molecular flexibility index (Phi) is 21.5. The van der Waals surface area contributed by atoms with Crippen LogP contribution < -0.4 is 10.6 Å². The Morgan fingerprint density at radius 1 is 0.658 bits per heavy atom. The molecule has 0 saturated carbocycles. The lowest BCUT2D eigenvalue weighted by Gasteiger charge is -2.23. The van der Waals surface area contributed by atoms with E-state index in [1.165, 1.54) is 0 Å². The molecule has 0 bridgehead atoms. The average Bonchev–Trinajstić information content (AvgIpc) is 2.84. The Morgan fingerprint density at radius 3 is 1.55 bits per heavy atom. The van der Waals surface area contributed by atoms with E-state index in [0.29, 0.717) is 25.7 Å². The number of hydrogen-bond donors (Lipinski definition) is 3. The van der Waals surface area contributed by atoms with Crippen molar-refractivity contribution in [1.29, 1.82) is 0 Å². The van der Waals surface area contributed by atoms with E-state index in [2.05, 4.69) is 78.3 Å². The second-order valence-corrected chi connectivity index (χ2v) is 10.4. The normalized spacial score (nSPS) is 14.1. The van der Waals surface area contributed by atoms with Crippen molar-refractivity contribution in [2.45, 2.75) is 111 Å². The van der Waals surface area contributed by atoms with Gasteiger partial charge in [-0.3, -0.25) is 9.59 Å². The van der Waals surface area contributed by atoms with E-state index in [1.54, 1.807) is 0 Å². The van der Waals surface area contributed by atoms with E-state index >= 15 is 0 Å². The van der Waals surface area contributed by atoms with Gasteiger partial charge in [-0.15, -0.1) is 0 Å². The van der Waals surface area contributed by atoms with E-state index in [0.717, 1.165) is 38.5 Å². The highest BCUT2D eigenvalue weighted by molar-refractivity contribution is 5.90. The second kappa shape index (κ2) is 23.2. The number of nitrogens with one attached hydrogen (secondary N) is 2. The number of carbonyl (C=O) groups excluding carboxylic acids is 2. The van der Waals surface area contributed by atoms with Crippen molar-refractivity contribution in [2.75, 3.05) is 0 Å². The van der Waals surface area contributed by atoms with Crippen LogP contribution in [0.15, 0.2) is 60.8 Å². The molecule has 0 heterocycles. The largest absolute Gasteiger partial charge is 0.480 e. The van der Waals surface area contributed by atoms with Crippen LogP contribution in [0.5, 0.6) is 0 Å². The van der Waals surface area contributed by atoms with Gasteiger partial charge in [-0.2, -0.15) is 0 Å². The Hall–Kier alpha value is -2.89. The predicted molar refractivity (Wildman–Crippen MR) is 159 cm³/mol. The molecule has 0 fully saturated rings. The van der Waals surface area contributed by atoms with Crippen LogP contribution in [-0.4, -0.2) is 35.0 Å². The summed E-state index contributed by atoms with van der Waals surface area (Å²) in [6, 6.07) is -1.69. The molecule has 0 saturated heterocycles. The van der Waals surface area contributed by atoms with E-state index in [-0.39, 0.29) is 17.7 Å². The third kappa shape index (κ3) is 21.2. The fraction of sp³-hybridized carbons (Fsp3) is 0.594. The fourth-order valence-electron chi connectivity index (χ4n) is 3.68. The Balaban J connectivity index is 4.28. The van der Waals surface area contributed by atoms with Crippen molar-refractivity contribution in [1.82, 2.24) is 10.6 Å². The van der Waals surface area contributed by atoms with Crippen molar-refractivity contribution in [3.05, 3.63) is 60.8 Å². The fourth-order valence-corrected chi connectivity index (χ4v) is 3.68. The molecule has 0 unspecified atom stereocenters. The molecule has 0 aliphatic heterocycles. The quantitative estimate of drug-likeness (QED) is 0.110. The molecule has 0 aromatic heterocycles. The molecule has 0 aliphatic carbocycles. The van der Waals surface area contributed by atoms with Crippen molar-refractivity contribution in [3.8, 4) is 0 Å². The lowest BCUT2D eigenvalue weighted by Crippen LogP contribution is -2.52. The first kappa shape index (κ1) is 35.1. The summed E-state index contributed by atoms with van der Waals surface area (Å²) < 4.78 is 0. The summed E-state index contributed by atoms with van der Waals surface area (Å²) in [4.78, 5) is 36.7. The lowest BCUT2D eigenvalue weighted by molar-refractivity contribution is -0.142. The molecule has 214 valence electrons. The number of rotatable bonds is 21. The van der Waals surface area contributed by atoms with Crippen LogP contribution in [-0.2, 0) is 14.4 Å². The van der Waals surface area contributed by atoms with E-state index in [4.69, 9.17) is 0 Å². The minimum absolute atomic E-state index is 0.130. The number of carboxylic acid groups (broad SMARTS) is 1. The van der Waals surface area contributed by atoms with Gasteiger partial charge in [-0.05, 0) is 69.6 Å². The Labute approximate surface area is 231 Å². The zero-order chi connectivity index (χ0) is 28.6. The average molecular weight is 529 g/mol. The summed E-state index contributed by atoms with van der Waals surface area (Å²) in [6.45, 7) is 9.89.